The average Bonchev–Trinajstić information content (AvgIpc) is 3.69. The van der Waals surface area contributed by atoms with E-state index in [4.69, 9.17) is 9.72 Å². The first-order chi connectivity index (χ1) is 19.9. The Kier molecular flexibility index (Phi) is 7.99. The smallest absolute Gasteiger partial charge is 0.408 e. The Balaban J connectivity index is 1.45. The molecule has 1 aliphatic heterocycles. The summed E-state index contributed by atoms with van der Waals surface area (Å²) in [7, 11) is 1.03. The first kappa shape index (κ1) is 29.5. The van der Waals surface area contributed by atoms with Crippen LogP contribution in [0.4, 0.5) is 13.2 Å². The molecule has 4 heterocycles. The van der Waals surface area contributed by atoms with Crippen molar-refractivity contribution in [2.24, 2.45) is 17.3 Å². The van der Waals surface area contributed by atoms with Crippen LogP contribution in [-0.4, -0.2) is 61.5 Å². The van der Waals surface area contributed by atoms with Gasteiger partial charge in [-0.25, -0.2) is 9.50 Å². The number of nitrogens with zero attached hydrogens (tertiary/aromatic N) is 5. The van der Waals surface area contributed by atoms with Crippen LogP contribution in [0.1, 0.15) is 73.9 Å². The lowest BCUT2D eigenvalue weighted by Crippen LogP contribution is -2.42. The summed E-state index contributed by atoms with van der Waals surface area (Å²) in [5, 5.41) is 13.7. The molecule has 0 spiro atoms. The van der Waals surface area contributed by atoms with E-state index in [2.05, 4.69) is 22.4 Å². The highest BCUT2D eigenvalue weighted by Crippen LogP contribution is 2.41. The molecule has 1 saturated heterocycles. The van der Waals surface area contributed by atoms with Gasteiger partial charge in [0.15, 0.2) is 11.1 Å². The minimum Gasteiger partial charge on any atom is -0.468 e. The molecule has 226 valence electrons. The molecule has 5 rings (SSSR count). The zero-order chi connectivity index (χ0) is 30.2. The van der Waals surface area contributed by atoms with Gasteiger partial charge in [0.25, 0.3) is 5.91 Å². The van der Waals surface area contributed by atoms with Crippen molar-refractivity contribution in [2.75, 3.05) is 7.11 Å². The van der Waals surface area contributed by atoms with Crippen LogP contribution in [0.2, 0.25) is 0 Å². The molecule has 0 radical (unpaired) electrons. The molecular weight excluding hydrogens is 555 g/mol. The quantitative estimate of drug-likeness (QED) is 0.304. The lowest BCUT2D eigenvalue weighted by Gasteiger charge is -2.32. The molecule has 11 nitrogen and oxygen atoms in total. The number of methoxy groups -OCH3 is 1. The third kappa shape index (κ3) is 5.58. The number of amides is 2. The first-order valence-electron chi connectivity index (χ1n) is 14.1. The molecule has 2 fully saturated rings. The van der Waals surface area contributed by atoms with Crippen LogP contribution in [-0.2, 0) is 27.3 Å². The predicted octanol–water partition coefficient (Wildman–Crippen LogP) is 3.40. The van der Waals surface area contributed by atoms with E-state index in [1.165, 1.54) is 10.6 Å². The maximum Gasteiger partial charge on any atom is 0.408 e. The summed E-state index contributed by atoms with van der Waals surface area (Å²) in [4.78, 5) is 43.5. The minimum atomic E-state index is -4.72. The number of halogens is 3. The highest BCUT2D eigenvalue weighted by atomic mass is 19.4. The number of alkyl halides is 3. The van der Waals surface area contributed by atoms with Gasteiger partial charge in [-0.3, -0.25) is 19.1 Å². The number of aryl methyl sites for hydroxylation is 1. The fourth-order valence-electron chi connectivity index (χ4n) is 6.12. The number of carbonyl (C=O) groups excluding carboxylic acids is 3. The summed E-state index contributed by atoms with van der Waals surface area (Å²) in [6.45, 7) is 4.65. The minimum absolute atomic E-state index is 0.136. The molecule has 1 unspecified atom stereocenters. The van der Waals surface area contributed by atoms with Crippen molar-refractivity contribution in [3.05, 3.63) is 47.7 Å². The van der Waals surface area contributed by atoms with Crippen molar-refractivity contribution < 1.29 is 32.3 Å². The van der Waals surface area contributed by atoms with E-state index in [0.717, 1.165) is 32.8 Å². The molecule has 2 N–H and O–H groups in total. The van der Waals surface area contributed by atoms with Crippen LogP contribution in [0, 0.1) is 17.3 Å². The van der Waals surface area contributed by atoms with Crippen molar-refractivity contribution in [2.45, 2.75) is 77.2 Å². The SMILES string of the molecule is CCn1nccc1C(=O)N[C@H](c1cn2nc(CC3(C(=O)OC)C[C@@H](C(F)(F)F)NC3=O)ccc2n1)[C@H]1CC[C@H](C)CC1. The molecular formula is C28H34F3N7O4. The fourth-order valence-corrected chi connectivity index (χ4v) is 6.12. The van der Waals surface area contributed by atoms with Crippen molar-refractivity contribution in [3.8, 4) is 0 Å². The van der Waals surface area contributed by atoms with Crippen LogP contribution in [0.15, 0.2) is 30.6 Å². The molecule has 42 heavy (non-hydrogen) atoms. The number of nitrogens with one attached hydrogen (secondary N) is 2. The Morgan fingerprint density at radius 2 is 1.95 bits per heavy atom. The van der Waals surface area contributed by atoms with Gasteiger partial charge in [-0.15, -0.1) is 0 Å². The Morgan fingerprint density at radius 3 is 2.60 bits per heavy atom. The third-order valence-electron chi connectivity index (χ3n) is 8.53. The van der Waals surface area contributed by atoms with Gasteiger partial charge < -0.3 is 15.4 Å². The molecule has 3 aromatic heterocycles. The van der Waals surface area contributed by atoms with Gasteiger partial charge in [0.1, 0.15) is 11.7 Å². The molecule has 1 saturated carbocycles. The lowest BCUT2D eigenvalue weighted by molar-refractivity contribution is -0.160. The maximum absolute atomic E-state index is 13.4. The second-order valence-corrected chi connectivity index (χ2v) is 11.3. The number of carbonyl (C=O) groups is 3. The molecule has 2 aliphatic rings. The van der Waals surface area contributed by atoms with E-state index in [1.807, 2.05) is 12.2 Å². The number of esters is 1. The van der Waals surface area contributed by atoms with Gasteiger partial charge in [-0.05, 0) is 49.8 Å². The van der Waals surface area contributed by atoms with Crippen molar-refractivity contribution in [1.29, 1.82) is 0 Å². The zero-order valence-corrected chi connectivity index (χ0v) is 23.6. The number of ether oxygens (including phenoxy) is 1. The lowest BCUT2D eigenvalue weighted by atomic mass is 9.78. The largest absolute Gasteiger partial charge is 0.468 e. The number of hydrogen-bond acceptors (Lipinski definition) is 7. The van der Waals surface area contributed by atoms with Crippen LogP contribution in [0.5, 0.6) is 0 Å². The van der Waals surface area contributed by atoms with Crippen molar-refractivity contribution in [3.63, 3.8) is 0 Å². The Morgan fingerprint density at radius 1 is 1.21 bits per heavy atom. The molecule has 14 heteroatoms. The number of fused-ring (bicyclic) bond motifs is 1. The highest BCUT2D eigenvalue weighted by molar-refractivity contribution is 6.04. The predicted molar refractivity (Wildman–Crippen MR) is 143 cm³/mol. The number of rotatable bonds is 8. The summed E-state index contributed by atoms with van der Waals surface area (Å²) in [6, 6.07) is 2.24. The van der Waals surface area contributed by atoms with Crippen LogP contribution >= 0.6 is 0 Å². The molecule has 1 aliphatic carbocycles. The van der Waals surface area contributed by atoms with Gasteiger partial charge in [0, 0.05) is 25.6 Å². The number of hydrogen-bond donors (Lipinski definition) is 2. The highest BCUT2D eigenvalue weighted by Gasteiger charge is 2.60. The number of imidazole rings is 1. The summed E-state index contributed by atoms with van der Waals surface area (Å²) in [5.41, 5.74) is -0.374. The first-order valence-corrected chi connectivity index (χ1v) is 14.1. The van der Waals surface area contributed by atoms with Crippen molar-refractivity contribution in [1.82, 2.24) is 35.0 Å². The average molecular weight is 590 g/mol. The Hall–Kier alpha value is -3.97. The molecule has 2 amide bonds. The Labute approximate surface area is 240 Å². The second-order valence-electron chi connectivity index (χ2n) is 11.3. The summed E-state index contributed by atoms with van der Waals surface area (Å²) >= 11 is 0. The molecule has 3 aromatic rings. The van der Waals surface area contributed by atoms with Gasteiger partial charge in [0.05, 0.1) is 30.7 Å². The maximum atomic E-state index is 13.4. The van der Waals surface area contributed by atoms with Crippen molar-refractivity contribution >= 4 is 23.4 Å². The van der Waals surface area contributed by atoms with Crippen LogP contribution in [0.25, 0.3) is 5.65 Å². The molecule has 0 aromatic carbocycles. The van der Waals surface area contributed by atoms with E-state index in [9.17, 15) is 27.6 Å². The van der Waals surface area contributed by atoms with Gasteiger partial charge in [0.2, 0.25) is 5.91 Å². The normalized spacial score (nSPS) is 25.3. The summed E-state index contributed by atoms with van der Waals surface area (Å²) in [6.07, 6.45) is 1.22. The van der Waals surface area contributed by atoms with E-state index in [0.29, 0.717) is 29.5 Å². The standard InChI is InChI=1S/C28H34F3N7O4/c1-4-37-20(11-12-32-37)24(39)35-23(17-7-5-16(2)6-8-17)19-15-38-22(33-19)10-9-18(36-38)13-27(26(41)42-3)14-21(28(29,30)31)34-25(27)40/h9-12,15-17,21,23H,4-8,13-14H2,1-3H3,(H,34,40)(H,35,39)/t16-,17-,21-,23-,27?/m0/s1. The fraction of sp³-hybridized carbons (Fsp3) is 0.571. The summed E-state index contributed by atoms with van der Waals surface area (Å²) < 4.78 is 48.2. The molecule has 0 bridgehead atoms. The summed E-state index contributed by atoms with van der Waals surface area (Å²) in [5.74, 6) is -1.64. The van der Waals surface area contributed by atoms with E-state index >= 15 is 0 Å². The van der Waals surface area contributed by atoms with Crippen LogP contribution in [0.3, 0.4) is 0 Å². The van der Waals surface area contributed by atoms with Crippen LogP contribution < -0.4 is 10.6 Å². The Bertz CT molecular complexity index is 1480. The monoisotopic (exact) mass is 589 g/mol. The third-order valence-corrected chi connectivity index (χ3v) is 8.53. The van der Waals surface area contributed by atoms with E-state index in [1.54, 1.807) is 29.2 Å². The van der Waals surface area contributed by atoms with Gasteiger partial charge in [-0.2, -0.15) is 23.4 Å². The zero-order valence-electron chi connectivity index (χ0n) is 23.6. The van der Waals surface area contributed by atoms with E-state index in [-0.39, 0.29) is 23.9 Å². The topological polar surface area (TPSA) is 133 Å². The van der Waals surface area contributed by atoms with E-state index < -0.39 is 42.0 Å². The molecule has 3 atom stereocenters. The van der Waals surface area contributed by atoms with Gasteiger partial charge in [-0.1, -0.05) is 19.8 Å². The second kappa shape index (κ2) is 11.4. The number of aromatic nitrogens is 5. The van der Waals surface area contributed by atoms with Gasteiger partial charge >= 0.3 is 12.1 Å².